The van der Waals surface area contributed by atoms with E-state index in [2.05, 4.69) is 10.6 Å². The summed E-state index contributed by atoms with van der Waals surface area (Å²) in [7, 11) is 1.96. The van der Waals surface area contributed by atoms with Gasteiger partial charge in [0.25, 0.3) is 0 Å². The number of hydrogen-bond donors (Lipinski definition) is 2. The summed E-state index contributed by atoms with van der Waals surface area (Å²) >= 11 is 11.8. The topological polar surface area (TPSA) is 44.4 Å². The van der Waals surface area contributed by atoms with Crippen LogP contribution in [0, 0.1) is 0 Å². The number of halogens is 2. The van der Waals surface area contributed by atoms with E-state index in [1.807, 2.05) is 11.9 Å². The molecule has 0 spiro atoms. The van der Waals surface area contributed by atoms with Gasteiger partial charge in [-0.25, -0.2) is 0 Å². The Bertz CT molecular complexity index is 490. The van der Waals surface area contributed by atoms with Gasteiger partial charge in [0.2, 0.25) is 5.91 Å². The first-order valence-electron chi connectivity index (χ1n) is 7.21. The van der Waals surface area contributed by atoms with Crippen LogP contribution < -0.4 is 10.6 Å². The highest BCUT2D eigenvalue weighted by atomic mass is 35.5. The van der Waals surface area contributed by atoms with E-state index < -0.39 is 0 Å². The van der Waals surface area contributed by atoms with Gasteiger partial charge in [-0.15, -0.1) is 0 Å². The Morgan fingerprint density at radius 2 is 2.19 bits per heavy atom. The fourth-order valence-electron chi connectivity index (χ4n) is 2.54. The molecule has 116 valence electrons. The van der Waals surface area contributed by atoms with E-state index in [9.17, 15) is 4.79 Å². The third-order valence-corrected chi connectivity index (χ3v) is 4.30. The molecule has 1 fully saturated rings. The summed E-state index contributed by atoms with van der Waals surface area (Å²) in [6, 6.07) is 5.57. The Balaban J connectivity index is 1.78. The average Bonchev–Trinajstić information content (AvgIpc) is 2.43. The van der Waals surface area contributed by atoms with Crippen molar-refractivity contribution in [3.63, 3.8) is 0 Å². The predicted molar refractivity (Wildman–Crippen MR) is 88.2 cm³/mol. The van der Waals surface area contributed by atoms with Crippen molar-refractivity contribution in [2.75, 3.05) is 32.0 Å². The minimum absolute atomic E-state index is 0.0494. The number of benzene rings is 1. The molecule has 6 heteroatoms. The van der Waals surface area contributed by atoms with Gasteiger partial charge in [0, 0.05) is 18.3 Å². The standard InChI is InChI=1S/C15H21Cl2N3O/c1-20(9-12-4-2-3-7-18-12)10-15(21)19-11-5-6-13(16)14(17)8-11/h5-6,8,12,18H,2-4,7,9-10H2,1H3,(H,19,21). The van der Waals surface area contributed by atoms with E-state index in [0.717, 1.165) is 13.1 Å². The molecule has 21 heavy (non-hydrogen) atoms. The molecule has 0 aromatic heterocycles. The van der Waals surface area contributed by atoms with Crippen LogP contribution in [0.4, 0.5) is 5.69 Å². The molecule has 4 nitrogen and oxygen atoms in total. The molecule has 1 amide bonds. The van der Waals surface area contributed by atoms with Crippen LogP contribution in [0.3, 0.4) is 0 Å². The maximum absolute atomic E-state index is 12.0. The first kappa shape index (κ1) is 16.6. The number of carbonyl (C=O) groups is 1. The van der Waals surface area contributed by atoms with Crippen molar-refractivity contribution in [1.29, 1.82) is 0 Å². The van der Waals surface area contributed by atoms with Gasteiger partial charge < -0.3 is 10.6 Å². The molecule has 1 aromatic rings. The average molecular weight is 330 g/mol. The lowest BCUT2D eigenvalue weighted by Crippen LogP contribution is -2.44. The second kappa shape index (κ2) is 7.99. The zero-order valence-electron chi connectivity index (χ0n) is 12.2. The molecule has 0 radical (unpaired) electrons. The summed E-state index contributed by atoms with van der Waals surface area (Å²) in [6.45, 7) is 2.32. The SMILES string of the molecule is CN(CC(=O)Nc1ccc(Cl)c(Cl)c1)CC1CCCCN1. The van der Waals surface area contributed by atoms with Gasteiger partial charge in [-0.05, 0) is 44.6 Å². The van der Waals surface area contributed by atoms with Crippen LogP contribution in [-0.2, 0) is 4.79 Å². The van der Waals surface area contributed by atoms with Crippen molar-refractivity contribution in [2.24, 2.45) is 0 Å². The third-order valence-electron chi connectivity index (χ3n) is 3.56. The first-order chi connectivity index (χ1) is 10.0. The van der Waals surface area contributed by atoms with E-state index in [-0.39, 0.29) is 5.91 Å². The second-order valence-electron chi connectivity index (χ2n) is 5.52. The van der Waals surface area contributed by atoms with Gasteiger partial charge in [0.1, 0.15) is 0 Å². The fraction of sp³-hybridized carbons (Fsp3) is 0.533. The first-order valence-corrected chi connectivity index (χ1v) is 7.97. The van der Waals surface area contributed by atoms with Gasteiger partial charge in [-0.2, -0.15) is 0 Å². The zero-order valence-corrected chi connectivity index (χ0v) is 13.7. The summed E-state index contributed by atoms with van der Waals surface area (Å²) in [5, 5.41) is 7.24. The van der Waals surface area contributed by atoms with E-state index in [1.54, 1.807) is 18.2 Å². The maximum Gasteiger partial charge on any atom is 0.238 e. The largest absolute Gasteiger partial charge is 0.325 e. The molecule has 1 aliphatic rings. The van der Waals surface area contributed by atoms with Crippen molar-refractivity contribution in [3.8, 4) is 0 Å². The fourth-order valence-corrected chi connectivity index (χ4v) is 2.84. The van der Waals surface area contributed by atoms with Crippen LogP contribution in [0.5, 0.6) is 0 Å². The molecule has 0 bridgehead atoms. The molecule has 0 saturated carbocycles. The Morgan fingerprint density at radius 3 is 2.86 bits per heavy atom. The molecule has 0 aliphatic carbocycles. The lowest BCUT2D eigenvalue weighted by molar-refractivity contribution is -0.117. The molecule has 1 aliphatic heterocycles. The molecule has 1 atom stereocenters. The van der Waals surface area contributed by atoms with Crippen molar-refractivity contribution in [2.45, 2.75) is 25.3 Å². The number of nitrogens with one attached hydrogen (secondary N) is 2. The highest BCUT2D eigenvalue weighted by molar-refractivity contribution is 6.42. The molecule has 1 aromatic carbocycles. The van der Waals surface area contributed by atoms with Crippen LogP contribution in [0.25, 0.3) is 0 Å². The van der Waals surface area contributed by atoms with E-state index >= 15 is 0 Å². The van der Waals surface area contributed by atoms with Crippen molar-refractivity contribution in [3.05, 3.63) is 28.2 Å². The van der Waals surface area contributed by atoms with Crippen LogP contribution >= 0.6 is 23.2 Å². The monoisotopic (exact) mass is 329 g/mol. The van der Waals surface area contributed by atoms with Crippen LogP contribution in [0.1, 0.15) is 19.3 Å². The van der Waals surface area contributed by atoms with Crippen LogP contribution in [0.15, 0.2) is 18.2 Å². The highest BCUT2D eigenvalue weighted by Gasteiger charge is 2.16. The summed E-state index contributed by atoms with van der Waals surface area (Å²) < 4.78 is 0. The zero-order chi connectivity index (χ0) is 15.2. The minimum atomic E-state index is -0.0494. The predicted octanol–water partition coefficient (Wildman–Crippen LogP) is 3.01. The number of rotatable bonds is 5. The number of amides is 1. The van der Waals surface area contributed by atoms with E-state index in [4.69, 9.17) is 23.2 Å². The van der Waals surface area contributed by atoms with E-state index in [1.165, 1.54) is 19.3 Å². The normalized spacial score (nSPS) is 18.8. The van der Waals surface area contributed by atoms with Crippen molar-refractivity contribution < 1.29 is 4.79 Å². The quantitative estimate of drug-likeness (QED) is 0.872. The Hall–Kier alpha value is -0.810. The number of likely N-dealkylation sites (N-methyl/N-ethyl adjacent to an activating group) is 1. The molecule has 1 unspecified atom stereocenters. The highest BCUT2D eigenvalue weighted by Crippen LogP contribution is 2.24. The lowest BCUT2D eigenvalue weighted by atomic mass is 10.0. The van der Waals surface area contributed by atoms with Crippen molar-refractivity contribution in [1.82, 2.24) is 10.2 Å². The van der Waals surface area contributed by atoms with Gasteiger partial charge in [-0.3, -0.25) is 9.69 Å². The molecular formula is C15H21Cl2N3O. The summed E-state index contributed by atoms with van der Waals surface area (Å²) in [5.74, 6) is -0.0494. The number of carbonyl (C=O) groups excluding carboxylic acids is 1. The molecule has 2 N–H and O–H groups in total. The minimum Gasteiger partial charge on any atom is -0.325 e. The summed E-state index contributed by atoms with van der Waals surface area (Å²) in [5.41, 5.74) is 0.665. The Labute approximate surface area is 135 Å². The van der Waals surface area contributed by atoms with Gasteiger partial charge in [0.05, 0.1) is 16.6 Å². The molecule has 2 rings (SSSR count). The Morgan fingerprint density at radius 1 is 1.38 bits per heavy atom. The van der Waals surface area contributed by atoms with Gasteiger partial charge in [0.15, 0.2) is 0 Å². The van der Waals surface area contributed by atoms with E-state index in [0.29, 0.717) is 28.3 Å². The van der Waals surface area contributed by atoms with Gasteiger partial charge >= 0.3 is 0 Å². The van der Waals surface area contributed by atoms with Crippen molar-refractivity contribution >= 4 is 34.8 Å². The summed E-state index contributed by atoms with van der Waals surface area (Å²) in [6.07, 6.45) is 3.69. The van der Waals surface area contributed by atoms with Crippen LogP contribution in [0.2, 0.25) is 10.0 Å². The second-order valence-corrected chi connectivity index (χ2v) is 6.34. The molecule has 1 saturated heterocycles. The number of anilines is 1. The number of piperidine rings is 1. The number of nitrogens with zero attached hydrogens (tertiary/aromatic N) is 1. The Kier molecular flexibility index (Phi) is 6.30. The molecular weight excluding hydrogens is 309 g/mol. The summed E-state index contributed by atoms with van der Waals surface area (Å²) in [4.78, 5) is 14.0. The van der Waals surface area contributed by atoms with Crippen LogP contribution in [-0.4, -0.2) is 43.5 Å². The lowest BCUT2D eigenvalue weighted by Gasteiger charge is -2.27. The van der Waals surface area contributed by atoms with Gasteiger partial charge in [-0.1, -0.05) is 29.6 Å². The molecule has 1 heterocycles. The smallest absolute Gasteiger partial charge is 0.238 e. The number of hydrogen-bond acceptors (Lipinski definition) is 3. The maximum atomic E-state index is 12.0. The third kappa shape index (κ3) is 5.47.